The quantitative estimate of drug-likeness (QED) is 0.886. The van der Waals surface area contributed by atoms with Crippen LogP contribution in [-0.2, 0) is 20.6 Å². The zero-order chi connectivity index (χ0) is 10.8. The SMILES string of the molecule is Cc1nn(C)cc1CNc1cnn(C)c1.Cl. The van der Waals surface area contributed by atoms with Crippen LogP contribution in [0.2, 0.25) is 0 Å². The Balaban J connectivity index is 0.00000128. The molecule has 2 heterocycles. The van der Waals surface area contributed by atoms with Crippen molar-refractivity contribution in [3.63, 3.8) is 0 Å². The molecule has 88 valence electrons. The minimum atomic E-state index is 0. The number of rotatable bonds is 3. The molecular formula is C10H16ClN5. The van der Waals surface area contributed by atoms with Crippen LogP contribution in [0.5, 0.6) is 0 Å². The number of hydrogen-bond acceptors (Lipinski definition) is 3. The lowest BCUT2D eigenvalue weighted by molar-refractivity contribution is 0.756. The second kappa shape index (κ2) is 5.03. The van der Waals surface area contributed by atoms with Crippen LogP contribution in [0.4, 0.5) is 5.69 Å². The predicted octanol–water partition coefficient (Wildman–Crippen LogP) is 1.50. The third-order valence-corrected chi connectivity index (χ3v) is 2.30. The van der Waals surface area contributed by atoms with Gasteiger partial charge in [0.05, 0.1) is 17.6 Å². The Labute approximate surface area is 101 Å². The minimum Gasteiger partial charge on any atom is -0.378 e. The van der Waals surface area contributed by atoms with Crippen LogP contribution in [0.1, 0.15) is 11.3 Å². The van der Waals surface area contributed by atoms with Gasteiger partial charge in [0, 0.05) is 38.6 Å². The molecule has 0 aromatic carbocycles. The number of aryl methyl sites for hydroxylation is 3. The van der Waals surface area contributed by atoms with Crippen molar-refractivity contribution in [1.29, 1.82) is 0 Å². The summed E-state index contributed by atoms with van der Waals surface area (Å²) in [4.78, 5) is 0. The van der Waals surface area contributed by atoms with Crippen molar-refractivity contribution in [2.75, 3.05) is 5.32 Å². The van der Waals surface area contributed by atoms with Crippen molar-refractivity contribution in [3.05, 3.63) is 29.8 Å². The Morgan fingerprint density at radius 1 is 1.25 bits per heavy atom. The summed E-state index contributed by atoms with van der Waals surface area (Å²) in [7, 11) is 3.83. The van der Waals surface area contributed by atoms with E-state index in [2.05, 4.69) is 15.5 Å². The van der Waals surface area contributed by atoms with E-state index in [4.69, 9.17) is 0 Å². The number of halogens is 1. The van der Waals surface area contributed by atoms with Crippen molar-refractivity contribution in [1.82, 2.24) is 19.6 Å². The first kappa shape index (κ1) is 12.6. The molecule has 0 spiro atoms. The van der Waals surface area contributed by atoms with Gasteiger partial charge in [-0.1, -0.05) is 0 Å². The number of nitrogens with zero attached hydrogens (tertiary/aromatic N) is 4. The van der Waals surface area contributed by atoms with E-state index in [0.717, 1.165) is 17.9 Å². The Morgan fingerprint density at radius 2 is 2.00 bits per heavy atom. The highest BCUT2D eigenvalue weighted by molar-refractivity contribution is 5.85. The van der Waals surface area contributed by atoms with Gasteiger partial charge in [0.25, 0.3) is 0 Å². The second-order valence-corrected chi connectivity index (χ2v) is 3.67. The topological polar surface area (TPSA) is 47.7 Å². The van der Waals surface area contributed by atoms with Gasteiger partial charge in [0.15, 0.2) is 0 Å². The van der Waals surface area contributed by atoms with Gasteiger partial charge in [-0.3, -0.25) is 9.36 Å². The lowest BCUT2D eigenvalue weighted by atomic mass is 10.2. The van der Waals surface area contributed by atoms with E-state index in [1.807, 2.05) is 44.3 Å². The largest absolute Gasteiger partial charge is 0.378 e. The van der Waals surface area contributed by atoms with Gasteiger partial charge in [-0.15, -0.1) is 12.4 Å². The van der Waals surface area contributed by atoms with Crippen molar-refractivity contribution < 1.29 is 0 Å². The maximum atomic E-state index is 4.28. The molecule has 2 rings (SSSR count). The molecule has 0 radical (unpaired) electrons. The van der Waals surface area contributed by atoms with Crippen LogP contribution >= 0.6 is 12.4 Å². The fourth-order valence-electron chi connectivity index (χ4n) is 1.53. The highest BCUT2D eigenvalue weighted by Crippen LogP contribution is 2.09. The van der Waals surface area contributed by atoms with Gasteiger partial charge in [-0.25, -0.2) is 0 Å². The molecule has 0 amide bonds. The molecule has 2 aromatic rings. The Hall–Kier alpha value is -1.49. The Morgan fingerprint density at radius 3 is 2.50 bits per heavy atom. The Bertz CT molecular complexity index is 459. The smallest absolute Gasteiger partial charge is 0.0729 e. The van der Waals surface area contributed by atoms with Crippen LogP contribution in [0.25, 0.3) is 0 Å². The third kappa shape index (κ3) is 2.76. The third-order valence-electron chi connectivity index (χ3n) is 2.30. The van der Waals surface area contributed by atoms with Crippen LogP contribution in [0, 0.1) is 6.92 Å². The molecule has 0 aliphatic heterocycles. The predicted molar refractivity (Wildman–Crippen MR) is 65.7 cm³/mol. The molecule has 0 fully saturated rings. The van der Waals surface area contributed by atoms with Gasteiger partial charge < -0.3 is 5.32 Å². The summed E-state index contributed by atoms with van der Waals surface area (Å²) < 4.78 is 3.61. The highest BCUT2D eigenvalue weighted by Gasteiger charge is 2.02. The summed E-state index contributed by atoms with van der Waals surface area (Å²) in [5, 5.41) is 11.7. The van der Waals surface area contributed by atoms with E-state index in [1.54, 1.807) is 4.68 Å². The maximum Gasteiger partial charge on any atom is 0.0729 e. The van der Waals surface area contributed by atoms with Gasteiger partial charge in [0.2, 0.25) is 0 Å². The fourth-order valence-corrected chi connectivity index (χ4v) is 1.53. The number of nitrogens with one attached hydrogen (secondary N) is 1. The minimum absolute atomic E-state index is 0. The summed E-state index contributed by atoms with van der Waals surface area (Å²) in [5.74, 6) is 0. The van der Waals surface area contributed by atoms with E-state index < -0.39 is 0 Å². The van der Waals surface area contributed by atoms with E-state index in [1.165, 1.54) is 5.56 Å². The number of anilines is 1. The van der Waals surface area contributed by atoms with Crippen LogP contribution < -0.4 is 5.32 Å². The first-order chi connectivity index (χ1) is 7.15. The second-order valence-electron chi connectivity index (χ2n) is 3.67. The first-order valence-corrected chi connectivity index (χ1v) is 4.87. The molecule has 0 aliphatic rings. The lowest BCUT2D eigenvalue weighted by Gasteiger charge is -2.00. The molecule has 5 nitrogen and oxygen atoms in total. The van der Waals surface area contributed by atoms with E-state index in [0.29, 0.717) is 0 Å². The normalized spacial score (nSPS) is 9.94. The molecule has 0 atom stereocenters. The van der Waals surface area contributed by atoms with E-state index >= 15 is 0 Å². The number of hydrogen-bond donors (Lipinski definition) is 1. The molecule has 0 unspecified atom stereocenters. The van der Waals surface area contributed by atoms with Crippen molar-refractivity contribution in [2.45, 2.75) is 13.5 Å². The van der Waals surface area contributed by atoms with Gasteiger partial charge >= 0.3 is 0 Å². The summed E-state index contributed by atoms with van der Waals surface area (Å²) in [6.07, 6.45) is 5.79. The fraction of sp³-hybridized carbons (Fsp3) is 0.400. The van der Waals surface area contributed by atoms with Crippen LogP contribution in [0.3, 0.4) is 0 Å². The molecule has 2 aromatic heterocycles. The molecule has 1 N–H and O–H groups in total. The zero-order valence-corrected chi connectivity index (χ0v) is 10.5. The highest BCUT2D eigenvalue weighted by atomic mass is 35.5. The Kier molecular flexibility index (Phi) is 3.95. The molecule has 0 bridgehead atoms. The maximum absolute atomic E-state index is 4.28. The average molecular weight is 242 g/mol. The number of aromatic nitrogens is 4. The average Bonchev–Trinajstić information content (AvgIpc) is 2.70. The van der Waals surface area contributed by atoms with E-state index in [-0.39, 0.29) is 12.4 Å². The molecule has 16 heavy (non-hydrogen) atoms. The zero-order valence-electron chi connectivity index (χ0n) is 9.64. The summed E-state index contributed by atoms with van der Waals surface area (Å²) >= 11 is 0. The van der Waals surface area contributed by atoms with Gasteiger partial charge in [-0.2, -0.15) is 10.2 Å². The molecular weight excluding hydrogens is 226 g/mol. The summed E-state index contributed by atoms with van der Waals surface area (Å²) in [5.41, 5.74) is 3.30. The van der Waals surface area contributed by atoms with E-state index in [9.17, 15) is 0 Å². The van der Waals surface area contributed by atoms with Crippen LogP contribution in [-0.4, -0.2) is 19.6 Å². The summed E-state index contributed by atoms with van der Waals surface area (Å²) in [6.45, 7) is 2.80. The van der Waals surface area contributed by atoms with Crippen molar-refractivity contribution in [3.8, 4) is 0 Å². The van der Waals surface area contributed by atoms with Crippen molar-refractivity contribution in [2.24, 2.45) is 14.1 Å². The molecule has 0 saturated carbocycles. The monoisotopic (exact) mass is 241 g/mol. The summed E-state index contributed by atoms with van der Waals surface area (Å²) in [6, 6.07) is 0. The van der Waals surface area contributed by atoms with Gasteiger partial charge in [-0.05, 0) is 6.92 Å². The molecule has 0 saturated heterocycles. The van der Waals surface area contributed by atoms with Crippen LogP contribution in [0.15, 0.2) is 18.6 Å². The lowest BCUT2D eigenvalue weighted by Crippen LogP contribution is -1.98. The standard InChI is InChI=1S/C10H15N5.ClH/c1-8-9(6-15(3)13-8)4-11-10-5-12-14(2)7-10;/h5-7,11H,4H2,1-3H3;1H. The first-order valence-electron chi connectivity index (χ1n) is 4.87. The van der Waals surface area contributed by atoms with Crippen molar-refractivity contribution >= 4 is 18.1 Å². The molecule has 6 heteroatoms. The van der Waals surface area contributed by atoms with Gasteiger partial charge in [0.1, 0.15) is 0 Å². The molecule has 0 aliphatic carbocycles.